The topological polar surface area (TPSA) is 71.1 Å². The second-order valence-electron chi connectivity index (χ2n) is 5.65. The Bertz CT molecular complexity index is 688. The fourth-order valence-electron chi connectivity index (χ4n) is 2.55. The molecule has 1 heterocycles. The number of fused-ring (bicyclic) bond motifs is 1. The lowest BCUT2D eigenvalue weighted by Crippen LogP contribution is -2.41. The first kappa shape index (κ1) is 15.7. The van der Waals surface area contributed by atoms with Crippen molar-refractivity contribution in [3.05, 3.63) is 46.5 Å². The average Bonchev–Trinajstić information content (AvgIpc) is 2.97. The molecule has 0 aliphatic heterocycles. The van der Waals surface area contributed by atoms with Crippen molar-refractivity contribution >= 4 is 28.3 Å². The molecule has 2 amide bonds. The van der Waals surface area contributed by atoms with Gasteiger partial charge in [0, 0.05) is 10.4 Å². The van der Waals surface area contributed by atoms with E-state index in [9.17, 15) is 9.59 Å². The predicted octanol–water partition coefficient (Wildman–Crippen LogP) is 2.78. The quantitative estimate of drug-likeness (QED) is 0.906. The van der Waals surface area contributed by atoms with Crippen molar-refractivity contribution in [2.24, 2.45) is 0 Å². The van der Waals surface area contributed by atoms with Crippen molar-refractivity contribution < 1.29 is 9.59 Å². The molecule has 2 aromatic rings. The monoisotopic (exact) mass is 329 g/mol. The zero-order chi connectivity index (χ0) is 16.2. The van der Waals surface area contributed by atoms with Gasteiger partial charge < -0.3 is 10.6 Å². The number of hydrogen-bond donors (Lipinski definition) is 2. The minimum Gasteiger partial charge on any atom is -0.341 e. The summed E-state index contributed by atoms with van der Waals surface area (Å²) in [5.74, 6) is -0.507. The van der Waals surface area contributed by atoms with Crippen LogP contribution in [0.25, 0.3) is 0 Å². The number of aryl methyl sites for hydroxylation is 2. The van der Waals surface area contributed by atoms with E-state index in [0.29, 0.717) is 10.7 Å². The standard InChI is InChI=1S/C17H19N3O2S/c1-11(18-16(22)12-7-3-2-4-8-12)15(21)20-17-19-13-9-5-6-10-14(13)23-17/h2-4,7-8,11H,5-6,9-10H2,1H3,(H,18,22)(H,19,20,21)/t11-/m0/s1. The van der Waals surface area contributed by atoms with Crippen LogP contribution in [0.3, 0.4) is 0 Å². The number of benzene rings is 1. The van der Waals surface area contributed by atoms with E-state index >= 15 is 0 Å². The molecule has 0 bridgehead atoms. The second kappa shape index (κ2) is 6.91. The van der Waals surface area contributed by atoms with Crippen molar-refractivity contribution in [1.29, 1.82) is 0 Å². The van der Waals surface area contributed by atoms with Gasteiger partial charge in [-0.3, -0.25) is 9.59 Å². The van der Waals surface area contributed by atoms with Crippen LogP contribution in [0.2, 0.25) is 0 Å². The fourth-order valence-corrected chi connectivity index (χ4v) is 3.61. The van der Waals surface area contributed by atoms with E-state index in [0.717, 1.165) is 25.0 Å². The SMILES string of the molecule is C[C@H](NC(=O)c1ccccc1)C(=O)Nc1nc2c(s1)CCCC2. The molecule has 1 aromatic heterocycles. The van der Waals surface area contributed by atoms with E-state index < -0.39 is 6.04 Å². The zero-order valence-corrected chi connectivity index (χ0v) is 13.8. The maximum Gasteiger partial charge on any atom is 0.251 e. The van der Waals surface area contributed by atoms with E-state index in [1.54, 1.807) is 42.5 Å². The van der Waals surface area contributed by atoms with Gasteiger partial charge in [-0.05, 0) is 44.7 Å². The summed E-state index contributed by atoms with van der Waals surface area (Å²) in [6, 6.07) is 8.24. The maximum atomic E-state index is 12.2. The summed E-state index contributed by atoms with van der Waals surface area (Å²) in [4.78, 5) is 30.1. The first-order chi connectivity index (χ1) is 11.1. The van der Waals surface area contributed by atoms with Gasteiger partial charge in [0.1, 0.15) is 6.04 Å². The number of aromatic nitrogens is 1. The highest BCUT2D eigenvalue weighted by Crippen LogP contribution is 2.29. The third-order valence-corrected chi connectivity index (χ3v) is 4.93. The lowest BCUT2D eigenvalue weighted by atomic mass is 10.0. The number of nitrogens with zero attached hydrogens (tertiary/aromatic N) is 1. The van der Waals surface area contributed by atoms with Crippen LogP contribution in [-0.2, 0) is 17.6 Å². The summed E-state index contributed by atoms with van der Waals surface area (Å²) >= 11 is 1.54. The third kappa shape index (κ3) is 3.76. The van der Waals surface area contributed by atoms with E-state index in [4.69, 9.17) is 0 Å². The van der Waals surface area contributed by atoms with E-state index in [1.807, 2.05) is 6.07 Å². The molecule has 1 aliphatic rings. The van der Waals surface area contributed by atoms with Gasteiger partial charge in [0.05, 0.1) is 5.69 Å². The summed E-state index contributed by atoms with van der Waals surface area (Å²) in [6.07, 6.45) is 4.38. The summed E-state index contributed by atoms with van der Waals surface area (Å²) in [7, 11) is 0. The van der Waals surface area contributed by atoms with Crippen LogP contribution in [0, 0.1) is 0 Å². The Labute approximate surface area is 139 Å². The van der Waals surface area contributed by atoms with Gasteiger partial charge in [-0.15, -0.1) is 11.3 Å². The molecule has 3 rings (SSSR count). The van der Waals surface area contributed by atoms with Crippen molar-refractivity contribution in [1.82, 2.24) is 10.3 Å². The number of rotatable bonds is 4. The number of carbonyl (C=O) groups excluding carboxylic acids is 2. The van der Waals surface area contributed by atoms with Gasteiger partial charge in [-0.1, -0.05) is 18.2 Å². The molecule has 0 saturated carbocycles. The Balaban J connectivity index is 1.59. The molecule has 0 spiro atoms. The normalized spacial score (nSPS) is 14.7. The largest absolute Gasteiger partial charge is 0.341 e. The minimum atomic E-state index is -0.622. The number of nitrogens with one attached hydrogen (secondary N) is 2. The Kier molecular flexibility index (Phi) is 4.71. The van der Waals surface area contributed by atoms with Crippen molar-refractivity contribution in [2.75, 3.05) is 5.32 Å². The molecular weight excluding hydrogens is 310 g/mol. The molecule has 23 heavy (non-hydrogen) atoms. The summed E-state index contributed by atoms with van der Waals surface area (Å²) in [6.45, 7) is 1.67. The smallest absolute Gasteiger partial charge is 0.251 e. The highest BCUT2D eigenvalue weighted by molar-refractivity contribution is 7.15. The van der Waals surface area contributed by atoms with Crippen LogP contribution in [0.1, 0.15) is 40.7 Å². The van der Waals surface area contributed by atoms with Crippen LogP contribution >= 0.6 is 11.3 Å². The number of thiazole rings is 1. The molecule has 1 atom stereocenters. The van der Waals surface area contributed by atoms with Crippen molar-refractivity contribution in [3.63, 3.8) is 0 Å². The maximum absolute atomic E-state index is 12.2. The van der Waals surface area contributed by atoms with Gasteiger partial charge in [-0.2, -0.15) is 0 Å². The molecule has 6 heteroatoms. The summed E-state index contributed by atoms with van der Waals surface area (Å²) in [5, 5.41) is 6.14. The Hall–Kier alpha value is -2.21. The Morgan fingerprint density at radius 3 is 2.65 bits per heavy atom. The molecule has 0 fully saturated rings. The highest BCUT2D eigenvalue weighted by atomic mass is 32.1. The predicted molar refractivity (Wildman–Crippen MR) is 90.8 cm³/mol. The molecule has 1 aliphatic carbocycles. The fraction of sp³-hybridized carbons (Fsp3) is 0.353. The number of amides is 2. The van der Waals surface area contributed by atoms with Crippen LogP contribution < -0.4 is 10.6 Å². The first-order valence-electron chi connectivity index (χ1n) is 7.79. The molecule has 0 unspecified atom stereocenters. The van der Waals surface area contributed by atoms with Gasteiger partial charge in [0.25, 0.3) is 5.91 Å². The van der Waals surface area contributed by atoms with Crippen LogP contribution in [0.5, 0.6) is 0 Å². The molecule has 5 nitrogen and oxygen atoms in total. The average molecular weight is 329 g/mol. The van der Waals surface area contributed by atoms with Crippen LogP contribution in [0.15, 0.2) is 30.3 Å². The van der Waals surface area contributed by atoms with Gasteiger partial charge >= 0.3 is 0 Å². The number of anilines is 1. The Morgan fingerprint density at radius 1 is 1.17 bits per heavy atom. The molecule has 0 radical (unpaired) electrons. The van der Waals surface area contributed by atoms with Crippen LogP contribution in [-0.4, -0.2) is 22.8 Å². The lowest BCUT2D eigenvalue weighted by molar-refractivity contribution is -0.117. The highest BCUT2D eigenvalue weighted by Gasteiger charge is 2.20. The molecule has 120 valence electrons. The van der Waals surface area contributed by atoms with Crippen molar-refractivity contribution in [3.8, 4) is 0 Å². The first-order valence-corrected chi connectivity index (χ1v) is 8.60. The summed E-state index contributed by atoms with van der Waals surface area (Å²) in [5.41, 5.74) is 1.65. The van der Waals surface area contributed by atoms with E-state index in [1.165, 1.54) is 11.3 Å². The van der Waals surface area contributed by atoms with Gasteiger partial charge in [0.15, 0.2) is 5.13 Å². The van der Waals surface area contributed by atoms with Crippen molar-refractivity contribution in [2.45, 2.75) is 38.6 Å². The van der Waals surface area contributed by atoms with Gasteiger partial charge in [-0.25, -0.2) is 4.98 Å². The molecule has 0 saturated heterocycles. The second-order valence-corrected chi connectivity index (χ2v) is 6.73. The Morgan fingerprint density at radius 2 is 1.91 bits per heavy atom. The zero-order valence-electron chi connectivity index (χ0n) is 13.0. The molecular formula is C17H19N3O2S. The van der Waals surface area contributed by atoms with Crippen LogP contribution in [0.4, 0.5) is 5.13 Å². The molecule has 1 aromatic carbocycles. The third-order valence-electron chi connectivity index (χ3n) is 3.85. The number of carbonyl (C=O) groups is 2. The minimum absolute atomic E-state index is 0.250. The number of hydrogen-bond acceptors (Lipinski definition) is 4. The lowest BCUT2D eigenvalue weighted by Gasteiger charge is -2.12. The van der Waals surface area contributed by atoms with Gasteiger partial charge in [0.2, 0.25) is 5.91 Å². The molecule has 2 N–H and O–H groups in total. The van der Waals surface area contributed by atoms with E-state index in [-0.39, 0.29) is 11.8 Å². The summed E-state index contributed by atoms with van der Waals surface area (Å²) < 4.78 is 0. The van der Waals surface area contributed by atoms with E-state index in [2.05, 4.69) is 15.6 Å².